The molecule has 0 radical (unpaired) electrons. The molecule has 3 aromatic rings. The molecule has 2 N–H and O–H groups in total. The van der Waals surface area contributed by atoms with E-state index in [2.05, 4.69) is 26.0 Å². The average Bonchev–Trinajstić information content (AvgIpc) is 3.39. The monoisotopic (exact) mass is 335 g/mol. The van der Waals surface area contributed by atoms with Crippen LogP contribution in [-0.4, -0.2) is 19.9 Å². The smallest absolute Gasteiger partial charge is 0.101 e. The summed E-state index contributed by atoms with van der Waals surface area (Å²) >= 11 is 0. The Hall–Kier alpha value is -3.91. The van der Waals surface area contributed by atoms with Crippen molar-refractivity contribution in [2.24, 2.45) is 0 Å². The number of aromatic nitrogens is 4. The van der Waals surface area contributed by atoms with Gasteiger partial charge in [0, 0.05) is 16.6 Å². The van der Waals surface area contributed by atoms with Gasteiger partial charge in [-0.25, -0.2) is 9.97 Å². The van der Waals surface area contributed by atoms with Crippen molar-refractivity contribution in [1.82, 2.24) is 19.9 Å². The average molecular weight is 335 g/mol. The first-order chi connectivity index (χ1) is 12.7. The Morgan fingerprint density at radius 1 is 0.654 bits per heavy atom. The van der Waals surface area contributed by atoms with E-state index in [1.807, 2.05) is 66.8 Å². The van der Waals surface area contributed by atoms with Crippen LogP contribution in [0.4, 0.5) is 0 Å². The van der Waals surface area contributed by atoms with E-state index in [0.29, 0.717) is 5.56 Å². The van der Waals surface area contributed by atoms with E-state index in [0.717, 1.165) is 44.8 Å². The van der Waals surface area contributed by atoms with Gasteiger partial charge in [-0.15, -0.1) is 0 Å². The van der Waals surface area contributed by atoms with Crippen molar-refractivity contribution in [1.29, 1.82) is 5.26 Å². The van der Waals surface area contributed by atoms with E-state index in [1.165, 1.54) is 0 Å². The van der Waals surface area contributed by atoms with Crippen LogP contribution < -0.4 is 0 Å². The van der Waals surface area contributed by atoms with E-state index in [9.17, 15) is 5.26 Å². The maximum absolute atomic E-state index is 9.41. The Morgan fingerprint density at radius 2 is 1.19 bits per heavy atom. The first-order valence-corrected chi connectivity index (χ1v) is 8.24. The molecule has 5 nitrogen and oxygen atoms in total. The molecule has 0 aromatic carbocycles. The van der Waals surface area contributed by atoms with Gasteiger partial charge in [0.15, 0.2) is 0 Å². The summed E-state index contributed by atoms with van der Waals surface area (Å²) in [5.41, 5.74) is 7.52. The topological polar surface area (TPSA) is 81.2 Å². The van der Waals surface area contributed by atoms with Gasteiger partial charge >= 0.3 is 0 Å². The molecule has 122 valence electrons. The molecule has 5 rings (SSSR count). The molecule has 0 saturated carbocycles. The number of nitriles is 1. The summed E-state index contributed by atoms with van der Waals surface area (Å²) in [6.07, 6.45) is 7.83. The van der Waals surface area contributed by atoms with Gasteiger partial charge in [-0.1, -0.05) is 0 Å². The molecule has 0 amide bonds. The summed E-state index contributed by atoms with van der Waals surface area (Å²) in [7, 11) is 0. The van der Waals surface area contributed by atoms with Crippen LogP contribution in [0.2, 0.25) is 0 Å². The summed E-state index contributed by atoms with van der Waals surface area (Å²) in [5.74, 6) is 0. The number of rotatable bonds is 0. The molecule has 0 atom stereocenters. The van der Waals surface area contributed by atoms with Gasteiger partial charge < -0.3 is 9.97 Å². The maximum Gasteiger partial charge on any atom is 0.101 e. The normalized spacial score (nSPS) is 12.3. The molecule has 0 fully saturated rings. The Kier molecular flexibility index (Phi) is 3.09. The number of fused-ring (bicyclic) bond motifs is 8. The molecule has 0 unspecified atom stereocenters. The Labute approximate surface area is 149 Å². The number of nitrogens with zero attached hydrogens (tertiary/aromatic N) is 3. The maximum atomic E-state index is 9.41. The zero-order chi connectivity index (χ0) is 17.5. The van der Waals surface area contributed by atoms with Crippen molar-refractivity contribution in [2.75, 3.05) is 0 Å². The van der Waals surface area contributed by atoms with Crippen LogP contribution in [0.25, 0.3) is 46.4 Å². The molecule has 2 aliphatic heterocycles. The summed E-state index contributed by atoms with van der Waals surface area (Å²) in [4.78, 5) is 15.8. The molecular formula is C21H13N5. The fourth-order valence-corrected chi connectivity index (χ4v) is 3.11. The Morgan fingerprint density at radius 3 is 1.77 bits per heavy atom. The first-order valence-electron chi connectivity index (χ1n) is 8.24. The van der Waals surface area contributed by atoms with Crippen molar-refractivity contribution in [3.8, 4) is 6.07 Å². The van der Waals surface area contributed by atoms with Gasteiger partial charge in [0.05, 0.1) is 33.9 Å². The number of aromatic amines is 2. The fourth-order valence-electron chi connectivity index (χ4n) is 3.11. The fraction of sp³-hybridized carbons (Fsp3) is 0. The number of hydrogen-bond acceptors (Lipinski definition) is 3. The van der Waals surface area contributed by atoms with Gasteiger partial charge in [0.25, 0.3) is 0 Å². The highest BCUT2D eigenvalue weighted by Gasteiger charge is 2.04. The van der Waals surface area contributed by atoms with Crippen LogP contribution >= 0.6 is 0 Å². The van der Waals surface area contributed by atoms with Crippen molar-refractivity contribution >= 4 is 46.4 Å². The molecule has 8 bridgehead atoms. The van der Waals surface area contributed by atoms with E-state index < -0.39 is 0 Å². The van der Waals surface area contributed by atoms with E-state index in [-0.39, 0.29) is 0 Å². The summed E-state index contributed by atoms with van der Waals surface area (Å²) < 4.78 is 0. The minimum Gasteiger partial charge on any atom is -0.355 e. The SMILES string of the molecule is N#Cc1cc2cc3nc(cc4ccc(cc5nc(cc1[nH]2)C=C5)[nH]4)C=C3. The second kappa shape index (κ2) is 5.57. The zero-order valence-corrected chi connectivity index (χ0v) is 13.7. The number of hydrogen-bond donors (Lipinski definition) is 2. The second-order valence-electron chi connectivity index (χ2n) is 6.20. The van der Waals surface area contributed by atoms with Gasteiger partial charge in [0.1, 0.15) is 6.07 Å². The van der Waals surface area contributed by atoms with Crippen LogP contribution in [0.15, 0.2) is 42.5 Å². The van der Waals surface area contributed by atoms with Crippen LogP contribution in [0.5, 0.6) is 0 Å². The summed E-state index contributed by atoms with van der Waals surface area (Å²) in [5, 5.41) is 9.41. The summed E-state index contributed by atoms with van der Waals surface area (Å²) in [6, 6.07) is 15.9. The quantitative estimate of drug-likeness (QED) is 0.436. The second-order valence-corrected chi connectivity index (χ2v) is 6.20. The minimum atomic E-state index is 0.584. The molecule has 5 heterocycles. The molecule has 3 aromatic heterocycles. The van der Waals surface area contributed by atoms with Gasteiger partial charge in [-0.2, -0.15) is 5.26 Å². The standard InChI is InChI=1S/C21H13N5/c22-12-13-7-20-10-18-4-3-16(24-18)8-14-1-2-15(23-14)9-17-5-6-19(25-17)11-21(13)26-20/h1-11,23,26H. The lowest BCUT2D eigenvalue weighted by atomic mass is 10.2. The van der Waals surface area contributed by atoms with Crippen molar-refractivity contribution < 1.29 is 0 Å². The van der Waals surface area contributed by atoms with Crippen LogP contribution in [0.1, 0.15) is 28.3 Å². The van der Waals surface area contributed by atoms with E-state index in [4.69, 9.17) is 0 Å². The third-order valence-corrected chi connectivity index (χ3v) is 4.29. The van der Waals surface area contributed by atoms with Gasteiger partial charge in [-0.05, 0) is 66.8 Å². The third-order valence-electron chi connectivity index (χ3n) is 4.29. The van der Waals surface area contributed by atoms with Crippen LogP contribution in [0.3, 0.4) is 0 Å². The molecule has 26 heavy (non-hydrogen) atoms. The number of H-pyrrole nitrogens is 2. The molecule has 5 heteroatoms. The van der Waals surface area contributed by atoms with Gasteiger partial charge in [0.2, 0.25) is 0 Å². The highest BCUT2D eigenvalue weighted by molar-refractivity contribution is 5.79. The first kappa shape index (κ1) is 14.4. The molecule has 0 aliphatic carbocycles. The van der Waals surface area contributed by atoms with Crippen molar-refractivity contribution in [2.45, 2.75) is 0 Å². The lowest BCUT2D eigenvalue weighted by Gasteiger charge is -1.86. The third kappa shape index (κ3) is 2.60. The van der Waals surface area contributed by atoms with Crippen molar-refractivity contribution in [3.63, 3.8) is 0 Å². The Bertz CT molecular complexity index is 1300. The Balaban J connectivity index is 1.88. The predicted octanol–water partition coefficient (Wildman–Crippen LogP) is 4.53. The van der Waals surface area contributed by atoms with E-state index in [1.54, 1.807) is 0 Å². The summed E-state index contributed by atoms with van der Waals surface area (Å²) in [6.45, 7) is 0. The van der Waals surface area contributed by atoms with Gasteiger partial charge in [-0.3, -0.25) is 0 Å². The zero-order valence-electron chi connectivity index (χ0n) is 13.7. The largest absolute Gasteiger partial charge is 0.355 e. The van der Waals surface area contributed by atoms with E-state index >= 15 is 0 Å². The molecule has 2 aliphatic rings. The lowest BCUT2D eigenvalue weighted by Crippen LogP contribution is -1.76. The molecule has 0 spiro atoms. The van der Waals surface area contributed by atoms with Crippen LogP contribution in [-0.2, 0) is 0 Å². The minimum absolute atomic E-state index is 0.584. The van der Waals surface area contributed by atoms with Crippen molar-refractivity contribution in [3.05, 3.63) is 70.8 Å². The molecule has 0 saturated heterocycles. The highest BCUT2D eigenvalue weighted by atomic mass is 14.8. The lowest BCUT2D eigenvalue weighted by molar-refractivity contribution is 1.31. The predicted molar refractivity (Wildman–Crippen MR) is 104 cm³/mol. The molecular weight excluding hydrogens is 322 g/mol. The highest BCUT2D eigenvalue weighted by Crippen LogP contribution is 2.19. The van der Waals surface area contributed by atoms with Crippen LogP contribution in [0, 0.1) is 11.3 Å². The number of nitrogens with one attached hydrogen (secondary N) is 2.